The number of benzene rings is 3. The molecule has 3 aromatic carbocycles. The SMILES string of the molecule is Cc1c(F)c(CN2CCCC2)c(Br)c(OCc2ccccc2)c1C(=O)Oc1ccccc1. The smallest absolute Gasteiger partial charge is 0.347 e. The fourth-order valence-corrected chi connectivity index (χ4v) is 4.52. The van der Waals surface area contributed by atoms with Crippen LogP contribution in [0.5, 0.6) is 11.5 Å². The molecule has 1 saturated heterocycles. The third-order valence-corrected chi connectivity index (χ3v) is 6.46. The molecule has 0 radical (unpaired) electrons. The van der Waals surface area contributed by atoms with E-state index in [9.17, 15) is 4.79 Å². The number of ether oxygens (including phenoxy) is 2. The number of carbonyl (C=O) groups excluding carboxylic acids is 1. The highest BCUT2D eigenvalue weighted by molar-refractivity contribution is 9.10. The molecule has 1 heterocycles. The van der Waals surface area contributed by atoms with E-state index in [2.05, 4.69) is 20.8 Å². The van der Waals surface area contributed by atoms with Crippen LogP contribution in [0.1, 0.15) is 39.9 Å². The standard InChI is InChI=1S/C26H25BrFNO3/c1-18-22(26(30)32-20-12-6-3-7-13-20)25(31-17-19-10-4-2-5-11-19)23(27)21(24(18)28)16-29-14-8-9-15-29/h2-7,10-13H,8-9,14-17H2,1H3. The lowest BCUT2D eigenvalue weighted by molar-refractivity contribution is 0.0728. The van der Waals surface area contributed by atoms with Crippen molar-refractivity contribution >= 4 is 21.9 Å². The molecule has 0 atom stereocenters. The molecule has 1 fully saturated rings. The molecule has 0 spiro atoms. The average Bonchev–Trinajstić information content (AvgIpc) is 3.33. The van der Waals surface area contributed by atoms with Crippen molar-refractivity contribution in [3.8, 4) is 11.5 Å². The number of esters is 1. The van der Waals surface area contributed by atoms with Crippen molar-refractivity contribution in [1.29, 1.82) is 0 Å². The Morgan fingerprint density at radius 1 is 1.03 bits per heavy atom. The van der Waals surface area contributed by atoms with Gasteiger partial charge in [-0.1, -0.05) is 48.5 Å². The minimum atomic E-state index is -0.649. The summed E-state index contributed by atoms with van der Waals surface area (Å²) in [5.41, 5.74) is 1.78. The minimum absolute atomic E-state index is 0.0966. The Bertz CT molecular complexity index is 1080. The lowest BCUT2D eigenvalue weighted by atomic mass is 10.0. The van der Waals surface area contributed by atoms with E-state index in [4.69, 9.17) is 9.47 Å². The molecule has 0 unspecified atom stereocenters. The number of likely N-dealkylation sites (tertiary alicyclic amines) is 1. The van der Waals surface area contributed by atoms with Gasteiger partial charge in [0.15, 0.2) is 0 Å². The molecular weight excluding hydrogens is 473 g/mol. The van der Waals surface area contributed by atoms with Gasteiger partial charge in [-0.15, -0.1) is 0 Å². The number of hydrogen-bond acceptors (Lipinski definition) is 4. The van der Waals surface area contributed by atoms with Crippen molar-refractivity contribution in [3.05, 3.63) is 93.2 Å². The summed E-state index contributed by atoms with van der Waals surface area (Å²) in [4.78, 5) is 15.3. The van der Waals surface area contributed by atoms with Gasteiger partial charge in [-0.05, 0) is 66.5 Å². The van der Waals surface area contributed by atoms with Crippen molar-refractivity contribution in [1.82, 2.24) is 4.90 Å². The van der Waals surface area contributed by atoms with Crippen LogP contribution in [0.3, 0.4) is 0 Å². The van der Waals surface area contributed by atoms with E-state index in [1.54, 1.807) is 31.2 Å². The summed E-state index contributed by atoms with van der Waals surface area (Å²) in [6.07, 6.45) is 2.22. The van der Waals surface area contributed by atoms with Gasteiger partial charge in [0.05, 0.1) is 4.47 Å². The normalized spacial score (nSPS) is 13.8. The number of rotatable bonds is 7. The summed E-state index contributed by atoms with van der Waals surface area (Å²) in [6.45, 7) is 4.18. The lowest BCUT2D eigenvalue weighted by Crippen LogP contribution is -2.22. The van der Waals surface area contributed by atoms with E-state index in [0.717, 1.165) is 31.5 Å². The predicted molar refractivity (Wildman–Crippen MR) is 126 cm³/mol. The quantitative estimate of drug-likeness (QED) is 0.284. The Balaban J connectivity index is 1.72. The van der Waals surface area contributed by atoms with E-state index >= 15 is 4.39 Å². The molecular formula is C26H25BrFNO3. The van der Waals surface area contributed by atoms with Gasteiger partial charge >= 0.3 is 5.97 Å². The van der Waals surface area contributed by atoms with Gasteiger partial charge in [0, 0.05) is 17.7 Å². The molecule has 3 aromatic rings. The lowest BCUT2D eigenvalue weighted by Gasteiger charge is -2.22. The topological polar surface area (TPSA) is 38.8 Å². The molecule has 32 heavy (non-hydrogen) atoms. The Labute approximate surface area is 196 Å². The molecule has 0 saturated carbocycles. The van der Waals surface area contributed by atoms with Gasteiger partial charge in [0.25, 0.3) is 0 Å². The highest BCUT2D eigenvalue weighted by atomic mass is 79.9. The fourth-order valence-electron chi connectivity index (χ4n) is 3.91. The van der Waals surface area contributed by atoms with Crippen LogP contribution in [0.4, 0.5) is 4.39 Å². The number of halogens is 2. The number of para-hydroxylation sites is 1. The summed E-state index contributed by atoms with van der Waals surface area (Å²) in [7, 11) is 0. The van der Waals surface area contributed by atoms with Gasteiger partial charge < -0.3 is 9.47 Å². The third kappa shape index (κ3) is 5.03. The molecule has 166 valence electrons. The van der Waals surface area contributed by atoms with Crippen LogP contribution in [0, 0.1) is 12.7 Å². The zero-order valence-electron chi connectivity index (χ0n) is 17.9. The van der Waals surface area contributed by atoms with Crippen molar-refractivity contribution in [2.75, 3.05) is 13.1 Å². The Morgan fingerprint density at radius 2 is 1.66 bits per heavy atom. The molecule has 1 aliphatic heterocycles. The first-order valence-corrected chi connectivity index (χ1v) is 11.5. The van der Waals surface area contributed by atoms with Crippen LogP contribution < -0.4 is 9.47 Å². The van der Waals surface area contributed by atoms with Gasteiger partial charge in [0.2, 0.25) is 0 Å². The van der Waals surface area contributed by atoms with Crippen molar-refractivity contribution in [2.45, 2.75) is 32.9 Å². The maximum Gasteiger partial charge on any atom is 0.347 e. The third-order valence-electron chi connectivity index (χ3n) is 5.62. The average molecular weight is 498 g/mol. The van der Waals surface area contributed by atoms with Crippen LogP contribution in [0.25, 0.3) is 0 Å². The first kappa shape index (κ1) is 22.5. The molecule has 4 nitrogen and oxygen atoms in total. The van der Waals surface area contributed by atoms with Crippen molar-refractivity contribution in [2.24, 2.45) is 0 Å². The molecule has 6 heteroatoms. The number of hydrogen-bond donors (Lipinski definition) is 0. The predicted octanol–water partition coefficient (Wildman–Crippen LogP) is 6.29. The monoisotopic (exact) mass is 497 g/mol. The highest BCUT2D eigenvalue weighted by Gasteiger charge is 2.29. The number of nitrogens with zero attached hydrogens (tertiary/aromatic N) is 1. The molecule has 0 N–H and O–H groups in total. The van der Waals surface area contributed by atoms with Crippen molar-refractivity contribution in [3.63, 3.8) is 0 Å². The van der Waals surface area contributed by atoms with Crippen LogP contribution in [0.2, 0.25) is 0 Å². The van der Waals surface area contributed by atoms with Gasteiger partial charge in [-0.25, -0.2) is 9.18 Å². The summed E-state index contributed by atoms with van der Waals surface area (Å²) < 4.78 is 27.6. The molecule has 1 aliphatic rings. The molecule has 4 rings (SSSR count). The Kier molecular flexibility index (Phi) is 7.22. The summed E-state index contributed by atoms with van der Waals surface area (Å²) in [5, 5.41) is 0. The second-order valence-corrected chi connectivity index (χ2v) is 8.69. The van der Waals surface area contributed by atoms with Crippen molar-refractivity contribution < 1.29 is 18.7 Å². The maximum absolute atomic E-state index is 15.5. The Hall–Kier alpha value is -2.70. The molecule has 0 aromatic heterocycles. The minimum Gasteiger partial charge on any atom is -0.487 e. The zero-order chi connectivity index (χ0) is 22.5. The number of carbonyl (C=O) groups is 1. The van der Waals surface area contributed by atoms with E-state index < -0.39 is 11.8 Å². The van der Waals surface area contributed by atoms with E-state index in [1.807, 2.05) is 36.4 Å². The Morgan fingerprint density at radius 3 is 2.31 bits per heavy atom. The first-order chi connectivity index (χ1) is 15.5. The second-order valence-electron chi connectivity index (χ2n) is 7.90. The second kappa shape index (κ2) is 10.3. The summed E-state index contributed by atoms with van der Waals surface area (Å²) in [5.74, 6) is -0.355. The molecule has 0 bridgehead atoms. The van der Waals surface area contributed by atoms with Crippen LogP contribution in [0.15, 0.2) is 65.1 Å². The first-order valence-electron chi connectivity index (χ1n) is 10.7. The summed E-state index contributed by atoms with van der Waals surface area (Å²) in [6, 6.07) is 18.4. The highest BCUT2D eigenvalue weighted by Crippen LogP contribution is 2.39. The molecule has 0 amide bonds. The van der Waals surface area contributed by atoms with Gasteiger partial charge in [-0.3, -0.25) is 4.90 Å². The van der Waals surface area contributed by atoms with Gasteiger partial charge in [-0.2, -0.15) is 0 Å². The van der Waals surface area contributed by atoms with Gasteiger partial charge in [0.1, 0.15) is 29.5 Å². The zero-order valence-corrected chi connectivity index (χ0v) is 19.5. The maximum atomic E-state index is 15.5. The summed E-state index contributed by atoms with van der Waals surface area (Å²) >= 11 is 3.55. The van der Waals surface area contributed by atoms with E-state index in [1.165, 1.54) is 0 Å². The fraction of sp³-hybridized carbons (Fsp3) is 0.269. The molecule has 0 aliphatic carbocycles. The van der Waals surface area contributed by atoms with E-state index in [-0.39, 0.29) is 17.7 Å². The van der Waals surface area contributed by atoms with E-state index in [0.29, 0.717) is 28.1 Å². The largest absolute Gasteiger partial charge is 0.487 e. The van der Waals surface area contributed by atoms with Crippen LogP contribution in [-0.2, 0) is 13.2 Å². The van der Waals surface area contributed by atoms with Crippen LogP contribution >= 0.6 is 15.9 Å². The van der Waals surface area contributed by atoms with Crippen LogP contribution in [-0.4, -0.2) is 24.0 Å².